The van der Waals surface area contributed by atoms with Crippen LogP contribution in [0, 0.1) is 23.7 Å². The van der Waals surface area contributed by atoms with E-state index in [1.54, 1.807) is 0 Å². The van der Waals surface area contributed by atoms with Crippen molar-refractivity contribution in [2.75, 3.05) is 0 Å². The quantitative estimate of drug-likeness (QED) is 0.601. The van der Waals surface area contributed by atoms with Crippen molar-refractivity contribution in [3.63, 3.8) is 0 Å². The number of benzene rings is 1. The van der Waals surface area contributed by atoms with Crippen LogP contribution in [0.3, 0.4) is 0 Å². The van der Waals surface area contributed by atoms with Gasteiger partial charge in [-0.25, -0.2) is 4.98 Å². The van der Waals surface area contributed by atoms with Gasteiger partial charge in [0.05, 0.1) is 23.3 Å². The van der Waals surface area contributed by atoms with Crippen molar-refractivity contribution in [3.8, 4) is 6.07 Å². The third-order valence-corrected chi connectivity index (χ3v) is 6.11. The molecule has 4 heteroatoms. The zero-order valence-electron chi connectivity index (χ0n) is 15.4. The Hall–Kier alpha value is -2.67. The lowest BCUT2D eigenvalue weighted by molar-refractivity contribution is 0.266. The molecule has 5 rings (SSSR count). The number of fused-ring (bicyclic) bond motifs is 3. The van der Waals surface area contributed by atoms with Gasteiger partial charge in [-0.2, -0.15) is 5.26 Å². The van der Waals surface area contributed by atoms with Crippen LogP contribution >= 0.6 is 0 Å². The smallest absolute Gasteiger partial charge is 0.114 e. The molecule has 0 aliphatic heterocycles. The standard InChI is InChI=1S/C23H23N4.H2/c24-13-3-4-16-9-11-18(12-10-16)27-22(14-17-7-8-17)26-21-15-25-20-6-2-1-5-19(20)23(21)27;/h1-2,5-8,15-16,18H,3-4,9-12,14H2;1H. The molecule has 2 heterocycles. The first-order valence-electron chi connectivity index (χ1n) is 9.99. The normalized spacial score (nSPS) is 22.0. The fourth-order valence-corrected chi connectivity index (χ4v) is 4.61. The summed E-state index contributed by atoms with van der Waals surface area (Å²) in [5.41, 5.74) is 4.68. The topological polar surface area (TPSA) is 54.5 Å². The second-order valence-corrected chi connectivity index (χ2v) is 7.86. The third-order valence-electron chi connectivity index (χ3n) is 6.11. The number of hydrogen-bond donors (Lipinski definition) is 0. The highest BCUT2D eigenvalue weighted by Crippen LogP contribution is 2.39. The van der Waals surface area contributed by atoms with E-state index in [2.05, 4.69) is 46.3 Å². The predicted molar refractivity (Wildman–Crippen MR) is 109 cm³/mol. The predicted octanol–water partition coefficient (Wildman–Crippen LogP) is 5.55. The largest absolute Gasteiger partial charge is 0.324 e. The van der Waals surface area contributed by atoms with Crippen molar-refractivity contribution in [1.29, 1.82) is 5.26 Å². The number of rotatable bonds is 5. The highest BCUT2D eigenvalue weighted by Gasteiger charge is 2.27. The fourth-order valence-electron chi connectivity index (χ4n) is 4.61. The summed E-state index contributed by atoms with van der Waals surface area (Å²) in [7, 11) is 0. The second-order valence-electron chi connectivity index (χ2n) is 7.86. The van der Waals surface area contributed by atoms with Crippen LogP contribution in [0.2, 0.25) is 0 Å². The van der Waals surface area contributed by atoms with Gasteiger partial charge >= 0.3 is 0 Å². The van der Waals surface area contributed by atoms with E-state index in [1.807, 2.05) is 12.3 Å². The molecular weight excluding hydrogens is 332 g/mol. The van der Waals surface area contributed by atoms with E-state index >= 15 is 0 Å². The molecule has 2 aliphatic rings. The van der Waals surface area contributed by atoms with Crippen molar-refractivity contribution in [3.05, 3.63) is 54.4 Å². The summed E-state index contributed by atoms with van der Waals surface area (Å²) < 4.78 is 2.52. The lowest BCUT2D eigenvalue weighted by atomic mass is 9.83. The molecule has 0 spiro atoms. The van der Waals surface area contributed by atoms with E-state index in [0.717, 1.165) is 23.9 Å². The highest BCUT2D eigenvalue weighted by molar-refractivity contribution is 6.02. The van der Waals surface area contributed by atoms with Crippen molar-refractivity contribution in [1.82, 2.24) is 14.5 Å². The van der Waals surface area contributed by atoms with Crippen LogP contribution in [0.4, 0.5) is 0 Å². The lowest BCUT2D eigenvalue weighted by Crippen LogP contribution is -2.20. The molecule has 1 radical (unpaired) electrons. The Morgan fingerprint density at radius 2 is 1.96 bits per heavy atom. The molecule has 0 unspecified atom stereocenters. The summed E-state index contributed by atoms with van der Waals surface area (Å²) >= 11 is 0. The number of pyridine rings is 1. The Morgan fingerprint density at radius 1 is 1.15 bits per heavy atom. The molecule has 2 aromatic heterocycles. The number of allylic oxidation sites excluding steroid dienone is 2. The Morgan fingerprint density at radius 3 is 2.74 bits per heavy atom. The number of nitrogens with zero attached hydrogens (tertiary/aromatic N) is 4. The summed E-state index contributed by atoms with van der Waals surface area (Å²) in [6.45, 7) is 0. The van der Waals surface area contributed by atoms with Gasteiger partial charge in [0.2, 0.25) is 0 Å². The summed E-state index contributed by atoms with van der Waals surface area (Å²) in [6, 6.07) is 11.2. The first-order chi connectivity index (χ1) is 13.3. The first kappa shape index (κ1) is 16.5. The Labute approximate surface area is 161 Å². The molecule has 0 bridgehead atoms. The molecule has 3 aromatic rings. The third kappa shape index (κ3) is 3.12. The summed E-state index contributed by atoms with van der Waals surface area (Å²) in [5, 5.41) is 10.1. The Kier molecular flexibility index (Phi) is 4.16. The molecule has 2 aliphatic carbocycles. The number of nitriles is 1. The van der Waals surface area contributed by atoms with Crippen LogP contribution in [0.25, 0.3) is 21.9 Å². The number of imidazole rings is 1. The van der Waals surface area contributed by atoms with Gasteiger partial charge < -0.3 is 4.57 Å². The molecule has 0 atom stereocenters. The van der Waals surface area contributed by atoms with Crippen molar-refractivity contribution in [2.45, 2.75) is 51.0 Å². The summed E-state index contributed by atoms with van der Waals surface area (Å²) in [6.07, 6.45) is 13.7. The minimum absolute atomic E-state index is 0. The SMILES string of the molecule is N#CCCC1CCC(n2c(CC3=C[CH]3)nc3cnc4ccccc4c32)CC1.[HH]. The zero-order valence-corrected chi connectivity index (χ0v) is 15.4. The first-order valence-corrected chi connectivity index (χ1v) is 9.99. The van der Waals surface area contributed by atoms with E-state index in [-0.39, 0.29) is 1.43 Å². The van der Waals surface area contributed by atoms with Gasteiger partial charge in [0, 0.05) is 32.1 Å². The maximum absolute atomic E-state index is 8.87. The van der Waals surface area contributed by atoms with E-state index < -0.39 is 0 Å². The van der Waals surface area contributed by atoms with E-state index in [0.29, 0.717) is 18.4 Å². The van der Waals surface area contributed by atoms with E-state index in [1.165, 1.54) is 48.0 Å². The molecule has 137 valence electrons. The average Bonchev–Trinajstić information content (AvgIpc) is 3.45. The zero-order chi connectivity index (χ0) is 18.2. The molecule has 1 aromatic carbocycles. The van der Waals surface area contributed by atoms with Gasteiger partial charge in [-0.1, -0.05) is 29.8 Å². The second kappa shape index (κ2) is 6.81. The van der Waals surface area contributed by atoms with E-state index in [9.17, 15) is 0 Å². The van der Waals surface area contributed by atoms with Crippen LogP contribution in [0.15, 0.2) is 42.1 Å². The van der Waals surface area contributed by atoms with Gasteiger partial charge in [-0.3, -0.25) is 4.98 Å². The van der Waals surface area contributed by atoms with Gasteiger partial charge in [0.1, 0.15) is 11.3 Å². The summed E-state index contributed by atoms with van der Waals surface area (Å²) in [5.74, 6) is 1.88. The maximum atomic E-state index is 8.87. The summed E-state index contributed by atoms with van der Waals surface area (Å²) in [4.78, 5) is 9.60. The molecule has 0 amide bonds. The highest BCUT2D eigenvalue weighted by atomic mass is 15.1. The van der Waals surface area contributed by atoms with Crippen molar-refractivity contribution >= 4 is 21.9 Å². The Bertz CT molecular complexity index is 1070. The lowest BCUT2D eigenvalue weighted by Gasteiger charge is -2.30. The number of para-hydroxylation sites is 1. The van der Waals surface area contributed by atoms with Gasteiger partial charge in [-0.15, -0.1) is 0 Å². The molecule has 0 N–H and O–H groups in total. The number of hydrogen-bond acceptors (Lipinski definition) is 3. The maximum Gasteiger partial charge on any atom is 0.114 e. The molecule has 4 nitrogen and oxygen atoms in total. The molecule has 1 fully saturated rings. The van der Waals surface area contributed by atoms with Crippen LogP contribution in [0.1, 0.15) is 51.8 Å². The Balaban J connectivity index is 0.00000192. The van der Waals surface area contributed by atoms with Gasteiger partial charge in [-0.05, 0) is 44.1 Å². The minimum atomic E-state index is 0. The molecule has 1 saturated carbocycles. The average molecular weight is 357 g/mol. The number of aromatic nitrogens is 3. The monoisotopic (exact) mass is 357 g/mol. The van der Waals surface area contributed by atoms with E-state index in [4.69, 9.17) is 10.2 Å². The van der Waals surface area contributed by atoms with Gasteiger partial charge in [0.25, 0.3) is 0 Å². The van der Waals surface area contributed by atoms with Gasteiger partial charge in [0.15, 0.2) is 0 Å². The minimum Gasteiger partial charge on any atom is -0.324 e. The molecule has 0 saturated heterocycles. The van der Waals surface area contributed by atoms with Crippen LogP contribution in [-0.2, 0) is 6.42 Å². The van der Waals surface area contributed by atoms with Crippen molar-refractivity contribution < 1.29 is 1.43 Å². The van der Waals surface area contributed by atoms with Crippen molar-refractivity contribution in [2.24, 2.45) is 5.92 Å². The van der Waals surface area contributed by atoms with Crippen LogP contribution in [-0.4, -0.2) is 14.5 Å². The van der Waals surface area contributed by atoms with Crippen LogP contribution in [0.5, 0.6) is 0 Å². The van der Waals surface area contributed by atoms with Crippen LogP contribution < -0.4 is 0 Å². The fraction of sp³-hybridized carbons (Fsp3) is 0.391. The molecular formula is C23H25N4. The molecule has 27 heavy (non-hydrogen) atoms.